The lowest BCUT2D eigenvalue weighted by Crippen LogP contribution is -2.48. The van der Waals surface area contributed by atoms with E-state index in [-0.39, 0.29) is 0 Å². The van der Waals surface area contributed by atoms with E-state index in [0.29, 0.717) is 30.8 Å². The first-order chi connectivity index (χ1) is 25.4. The third-order valence-electron chi connectivity index (χ3n) is 10.3. The topological polar surface area (TPSA) is 111 Å². The van der Waals surface area contributed by atoms with Gasteiger partial charge in [-0.25, -0.2) is 4.98 Å². The fraction of sp³-hybridized carbons (Fsp3) is 0.227. The van der Waals surface area contributed by atoms with Crippen LogP contribution in [0.15, 0.2) is 160 Å². The average Bonchev–Trinajstić information content (AvgIpc) is 3.83. The highest BCUT2D eigenvalue weighted by Crippen LogP contribution is 2.58. The van der Waals surface area contributed by atoms with Crippen LogP contribution in [0.5, 0.6) is 0 Å². The number of aromatic nitrogens is 2. The molecule has 0 fully saturated rings. The number of hydrogen-bond donors (Lipinski definition) is 1. The van der Waals surface area contributed by atoms with Crippen LogP contribution < -0.4 is 0 Å². The molecule has 6 aromatic rings. The summed E-state index contributed by atoms with van der Waals surface area (Å²) in [5, 5.41) is 39.8. The molecule has 0 amide bonds. The molecule has 1 unspecified atom stereocenters. The highest BCUT2D eigenvalue weighted by molar-refractivity contribution is 5.72. The molecule has 0 bridgehead atoms. The number of nitriles is 1. The van der Waals surface area contributed by atoms with E-state index in [1.54, 1.807) is 6.92 Å². The highest BCUT2D eigenvalue weighted by Gasteiger charge is 2.60. The number of aliphatic hydroxyl groups is 1. The monoisotopic (exact) mass is 683 g/mol. The van der Waals surface area contributed by atoms with Crippen LogP contribution in [-0.4, -0.2) is 14.7 Å². The second kappa shape index (κ2) is 14.3. The van der Waals surface area contributed by atoms with E-state index < -0.39 is 16.7 Å². The van der Waals surface area contributed by atoms with Crippen LogP contribution in [0.4, 0.5) is 0 Å². The predicted molar refractivity (Wildman–Crippen MR) is 202 cm³/mol. The number of nitrogens with zero attached hydrogens (tertiary/aromatic N) is 7. The van der Waals surface area contributed by atoms with E-state index in [9.17, 15) is 10.4 Å². The molecule has 8 heteroatoms. The van der Waals surface area contributed by atoms with Crippen molar-refractivity contribution >= 4 is 0 Å². The molecule has 1 N–H and O–H groups in total. The van der Waals surface area contributed by atoms with Crippen molar-refractivity contribution in [1.82, 2.24) is 9.55 Å². The molecule has 52 heavy (non-hydrogen) atoms. The van der Waals surface area contributed by atoms with Gasteiger partial charge in [0.1, 0.15) is 28.9 Å². The molecule has 0 aliphatic carbocycles. The number of imidazole rings is 1. The summed E-state index contributed by atoms with van der Waals surface area (Å²) >= 11 is 0. The molecule has 1 aliphatic rings. The first-order valence-corrected chi connectivity index (χ1v) is 17.8. The minimum atomic E-state index is -1.30. The molecular formula is C44H41N7O. The normalized spacial score (nSPS) is 14.6. The zero-order chi connectivity index (χ0) is 36.2. The van der Waals surface area contributed by atoms with Gasteiger partial charge in [-0.3, -0.25) is 0 Å². The first kappa shape index (κ1) is 34.4. The maximum atomic E-state index is 11.1. The Morgan fingerprint density at radius 2 is 1.23 bits per heavy atom. The number of rotatable bonds is 12. The Balaban J connectivity index is 1.38. The zero-order valence-electron chi connectivity index (χ0n) is 29.7. The Labute approximate surface area is 304 Å². The van der Waals surface area contributed by atoms with E-state index >= 15 is 0 Å². The third-order valence-corrected chi connectivity index (χ3v) is 10.3. The highest BCUT2D eigenvalue weighted by atomic mass is 16.3. The quantitative estimate of drug-likeness (QED) is 0.130. The van der Waals surface area contributed by atoms with Gasteiger partial charge >= 0.3 is 0 Å². The third kappa shape index (κ3) is 5.73. The number of hydrogen-bond acceptors (Lipinski definition) is 7. The second-order valence-corrected chi connectivity index (χ2v) is 13.4. The maximum absolute atomic E-state index is 11.1. The zero-order valence-corrected chi connectivity index (χ0v) is 29.7. The summed E-state index contributed by atoms with van der Waals surface area (Å²) < 4.78 is 1.95. The summed E-state index contributed by atoms with van der Waals surface area (Å²) in [7, 11) is 0. The minimum absolute atomic E-state index is 0.405. The van der Waals surface area contributed by atoms with E-state index in [2.05, 4.69) is 96.2 Å². The summed E-state index contributed by atoms with van der Waals surface area (Å²) in [4.78, 5) is 4.79. The van der Waals surface area contributed by atoms with Crippen molar-refractivity contribution < 1.29 is 5.11 Å². The summed E-state index contributed by atoms with van der Waals surface area (Å²) in [5.74, 6) is 0.801. The Hall–Kier alpha value is -6.04. The second-order valence-electron chi connectivity index (χ2n) is 13.4. The largest absolute Gasteiger partial charge is 0.384 e. The smallest absolute Gasteiger partial charge is 0.238 e. The molecule has 0 spiro atoms. The van der Waals surface area contributed by atoms with Crippen LogP contribution in [0.3, 0.4) is 0 Å². The van der Waals surface area contributed by atoms with Gasteiger partial charge in [-0.2, -0.15) is 5.26 Å². The summed E-state index contributed by atoms with van der Waals surface area (Å²) in [6.45, 7) is 6.17. The molecule has 1 aromatic heterocycles. The van der Waals surface area contributed by atoms with Crippen molar-refractivity contribution in [3.63, 3.8) is 0 Å². The maximum Gasteiger partial charge on any atom is 0.238 e. The first-order valence-electron chi connectivity index (χ1n) is 17.8. The van der Waals surface area contributed by atoms with Gasteiger partial charge < -0.3 is 9.67 Å². The van der Waals surface area contributed by atoms with E-state index in [1.165, 1.54) is 0 Å². The SMILES string of the molecule is CCCc1nc(C(C)(O)CC)c(C#N)n1Cc1ccc(-c2ccccc2C2(C(c3ccccc3)(c3ccccc3)c3ccccc3)N=NN=N2)cc1. The molecule has 5 aromatic carbocycles. The number of benzene rings is 5. The van der Waals surface area contributed by atoms with Crippen molar-refractivity contribution in [1.29, 1.82) is 5.26 Å². The average molecular weight is 684 g/mol. The lowest BCUT2D eigenvalue weighted by atomic mass is 9.59. The van der Waals surface area contributed by atoms with E-state index in [4.69, 9.17) is 15.2 Å². The summed E-state index contributed by atoms with van der Waals surface area (Å²) in [6, 6.07) is 50.1. The molecule has 7 rings (SSSR count). The van der Waals surface area contributed by atoms with Gasteiger partial charge in [0.15, 0.2) is 0 Å². The van der Waals surface area contributed by atoms with Gasteiger partial charge in [-0.05, 0) is 63.6 Å². The van der Waals surface area contributed by atoms with E-state index in [0.717, 1.165) is 51.2 Å². The molecule has 2 heterocycles. The predicted octanol–water partition coefficient (Wildman–Crippen LogP) is 10.1. The minimum Gasteiger partial charge on any atom is -0.384 e. The van der Waals surface area contributed by atoms with Gasteiger partial charge in [-0.1, -0.05) is 153 Å². The Morgan fingerprint density at radius 3 is 1.73 bits per heavy atom. The molecule has 258 valence electrons. The van der Waals surface area contributed by atoms with Crippen molar-refractivity contribution in [2.45, 2.75) is 63.3 Å². The summed E-state index contributed by atoms with van der Waals surface area (Å²) in [6.07, 6.45) is 2.04. The summed E-state index contributed by atoms with van der Waals surface area (Å²) in [5.41, 5.74) is 4.25. The van der Waals surface area contributed by atoms with Crippen molar-refractivity contribution in [3.8, 4) is 17.2 Å². The Bertz CT molecular complexity index is 2140. The van der Waals surface area contributed by atoms with Gasteiger partial charge in [0.25, 0.3) is 0 Å². The molecular weight excluding hydrogens is 643 g/mol. The van der Waals surface area contributed by atoms with Gasteiger partial charge in [0.2, 0.25) is 5.66 Å². The van der Waals surface area contributed by atoms with Crippen LogP contribution in [0.2, 0.25) is 0 Å². The molecule has 8 nitrogen and oxygen atoms in total. The van der Waals surface area contributed by atoms with Gasteiger partial charge in [0.05, 0.1) is 5.41 Å². The fourth-order valence-corrected chi connectivity index (χ4v) is 7.57. The van der Waals surface area contributed by atoms with Crippen LogP contribution in [0.1, 0.15) is 78.6 Å². The van der Waals surface area contributed by atoms with Crippen molar-refractivity contribution in [2.75, 3.05) is 0 Å². The van der Waals surface area contributed by atoms with Crippen LogP contribution >= 0.6 is 0 Å². The Morgan fingerprint density at radius 1 is 0.712 bits per heavy atom. The lowest BCUT2D eigenvalue weighted by molar-refractivity contribution is 0.0484. The molecule has 0 radical (unpaired) electrons. The standard InChI is InChI=1S/C44H41N7O/c1-4-17-40-46-41(42(3,52)5-2)39(30-45)51(40)31-32-26-28-33(29-27-32)37-24-15-16-25-38(37)44(47-49-50-48-44)43(34-18-9-6-10-19-34,35-20-11-7-12-21-35)36-22-13-8-14-23-36/h6-16,18-29,52H,4-5,17,31H2,1-3H3. The van der Waals surface area contributed by atoms with Crippen LogP contribution in [0.25, 0.3) is 11.1 Å². The molecule has 1 aliphatic heterocycles. The fourth-order valence-electron chi connectivity index (χ4n) is 7.57. The molecule has 1 atom stereocenters. The molecule has 0 saturated heterocycles. The van der Waals surface area contributed by atoms with Crippen molar-refractivity contribution in [2.24, 2.45) is 20.7 Å². The number of aryl methyl sites for hydroxylation is 1. The van der Waals surface area contributed by atoms with E-state index in [1.807, 2.05) is 78.2 Å². The molecule has 0 saturated carbocycles. The van der Waals surface area contributed by atoms with Gasteiger partial charge in [-0.15, -0.1) is 10.2 Å². The van der Waals surface area contributed by atoms with Crippen LogP contribution in [0, 0.1) is 11.3 Å². The lowest BCUT2D eigenvalue weighted by Gasteiger charge is -2.45. The van der Waals surface area contributed by atoms with Gasteiger partial charge in [0, 0.05) is 18.5 Å². The van der Waals surface area contributed by atoms with Crippen molar-refractivity contribution in [3.05, 3.63) is 185 Å². The Kier molecular flexibility index (Phi) is 9.46. The van der Waals surface area contributed by atoms with Crippen LogP contribution in [-0.2, 0) is 29.6 Å².